The number of nitriles is 1. The molecule has 1 N–H and O–H groups in total. The van der Waals surface area contributed by atoms with Gasteiger partial charge in [0.15, 0.2) is 0 Å². The van der Waals surface area contributed by atoms with Crippen LogP contribution < -0.4 is 5.32 Å². The van der Waals surface area contributed by atoms with Crippen LogP contribution in [-0.2, 0) is 4.79 Å². The number of para-hydroxylation sites is 1. The average Bonchev–Trinajstić information content (AvgIpc) is 3.18. The van der Waals surface area contributed by atoms with Gasteiger partial charge in [-0.1, -0.05) is 12.1 Å². The Morgan fingerprint density at radius 2 is 1.90 bits per heavy atom. The fourth-order valence-electron chi connectivity index (χ4n) is 3.20. The van der Waals surface area contributed by atoms with Gasteiger partial charge in [-0.15, -0.1) is 23.1 Å². The molecule has 4 rings (SSSR count). The van der Waals surface area contributed by atoms with E-state index >= 15 is 0 Å². The van der Waals surface area contributed by atoms with Crippen LogP contribution in [0.2, 0.25) is 0 Å². The van der Waals surface area contributed by atoms with Crippen molar-refractivity contribution in [3.8, 4) is 16.6 Å². The van der Waals surface area contributed by atoms with Crippen molar-refractivity contribution in [2.75, 3.05) is 11.1 Å². The summed E-state index contributed by atoms with van der Waals surface area (Å²) >= 11 is 3.09. The lowest BCUT2D eigenvalue weighted by molar-refractivity contribution is -0.115. The molecule has 1 amide bonds. The van der Waals surface area contributed by atoms with Crippen molar-refractivity contribution in [1.29, 1.82) is 5.26 Å². The summed E-state index contributed by atoms with van der Waals surface area (Å²) in [7, 11) is 0. The number of pyridine rings is 1. The third-order valence-electron chi connectivity index (χ3n) is 4.70. The molecular weight excluding hydrogens is 424 g/mol. The van der Waals surface area contributed by atoms with E-state index in [1.807, 2.05) is 62.4 Å². The first-order valence-electron chi connectivity index (χ1n) is 9.80. The Bertz CT molecular complexity index is 1260. The van der Waals surface area contributed by atoms with Crippen molar-refractivity contribution in [2.24, 2.45) is 0 Å². The predicted molar refractivity (Wildman–Crippen MR) is 127 cm³/mol. The van der Waals surface area contributed by atoms with Gasteiger partial charge in [0.05, 0.1) is 15.8 Å². The van der Waals surface area contributed by atoms with Crippen molar-refractivity contribution in [2.45, 2.75) is 25.3 Å². The highest BCUT2D eigenvalue weighted by atomic mass is 32.2. The molecule has 0 saturated heterocycles. The standard InChI is InChI=1S/C24H20N4OS2/c1-15-13-16(2)26-24(19(15)14-25)30-12-11-22(29)27-18-9-7-17(8-10-18)23-28-20-5-3-4-6-21(20)31-23/h3-10,13H,11-12H2,1-2H3,(H,27,29). The zero-order valence-electron chi connectivity index (χ0n) is 17.2. The molecule has 0 saturated carbocycles. The SMILES string of the molecule is Cc1cc(C)c(C#N)c(SCCC(=O)Nc2ccc(-c3nc4ccccc4s3)cc2)n1. The van der Waals surface area contributed by atoms with E-state index in [0.29, 0.717) is 22.8 Å². The first-order chi connectivity index (χ1) is 15.0. The molecule has 7 heteroatoms. The number of aryl methyl sites for hydroxylation is 2. The van der Waals surface area contributed by atoms with Crippen molar-refractivity contribution in [3.63, 3.8) is 0 Å². The van der Waals surface area contributed by atoms with Gasteiger partial charge in [-0.3, -0.25) is 4.79 Å². The number of carbonyl (C=O) groups excluding carboxylic acids is 1. The van der Waals surface area contributed by atoms with Crippen LogP contribution >= 0.6 is 23.1 Å². The second-order valence-corrected chi connectivity index (χ2v) is 9.20. The molecular formula is C24H20N4OS2. The molecule has 31 heavy (non-hydrogen) atoms. The molecule has 154 valence electrons. The van der Waals surface area contributed by atoms with Crippen LogP contribution in [0.25, 0.3) is 20.8 Å². The third kappa shape index (κ3) is 4.93. The first-order valence-corrected chi connectivity index (χ1v) is 11.6. The molecule has 0 spiro atoms. The summed E-state index contributed by atoms with van der Waals surface area (Å²) in [6.45, 7) is 3.81. The maximum atomic E-state index is 12.3. The predicted octanol–water partition coefficient (Wildman–Crippen LogP) is 5.97. The summed E-state index contributed by atoms with van der Waals surface area (Å²) in [5.74, 6) is 0.489. The van der Waals surface area contributed by atoms with Crippen molar-refractivity contribution in [1.82, 2.24) is 9.97 Å². The number of aromatic nitrogens is 2. The van der Waals surface area contributed by atoms with Crippen LogP contribution in [0.15, 0.2) is 59.6 Å². The lowest BCUT2D eigenvalue weighted by atomic mass is 10.1. The molecule has 2 aromatic carbocycles. The highest BCUT2D eigenvalue weighted by Crippen LogP contribution is 2.30. The first kappa shape index (κ1) is 21.0. The van der Waals surface area contributed by atoms with Crippen LogP contribution in [0, 0.1) is 25.2 Å². The minimum Gasteiger partial charge on any atom is -0.326 e. The highest BCUT2D eigenvalue weighted by molar-refractivity contribution is 7.99. The van der Waals surface area contributed by atoms with Crippen LogP contribution in [-0.4, -0.2) is 21.6 Å². The molecule has 0 radical (unpaired) electrons. The molecule has 0 unspecified atom stereocenters. The van der Waals surface area contributed by atoms with Crippen molar-refractivity contribution >= 4 is 44.9 Å². The number of benzene rings is 2. The third-order valence-corrected chi connectivity index (χ3v) is 6.76. The van der Waals surface area contributed by atoms with Gasteiger partial charge in [-0.2, -0.15) is 5.26 Å². The van der Waals surface area contributed by atoms with Gasteiger partial charge < -0.3 is 5.32 Å². The van der Waals surface area contributed by atoms with E-state index in [9.17, 15) is 10.1 Å². The normalized spacial score (nSPS) is 10.7. The Balaban J connectivity index is 1.35. The molecule has 0 aliphatic rings. The van der Waals surface area contributed by atoms with Crippen LogP contribution in [0.3, 0.4) is 0 Å². The zero-order valence-corrected chi connectivity index (χ0v) is 18.8. The van der Waals surface area contributed by atoms with Gasteiger partial charge in [-0.25, -0.2) is 9.97 Å². The average molecular weight is 445 g/mol. The Hall–Kier alpha value is -3.21. The number of fused-ring (bicyclic) bond motifs is 1. The van der Waals surface area contributed by atoms with Gasteiger partial charge in [0.1, 0.15) is 16.1 Å². The van der Waals surface area contributed by atoms with Crippen LogP contribution in [0.4, 0.5) is 5.69 Å². The minimum atomic E-state index is -0.0666. The monoisotopic (exact) mass is 444 g/mol. The molecule has 0 aliphatic heterocycles. The fraction of sp³-hybridized carbons (Fsp3) is 0.167. The number of amides is 1. The van der Waals surface area contributed by atoms with Gasteiger partial charge >= 0.3 is 0 Å². The summed E-state index contributed by atoms with van der Waals surface area (Å²) < 4.78 is 1.16. The minimum absolute atomic E-state index is 0.0666. The topological polar surface area (TPSA) is 78.7 Å². The van der Waals surface area contributed by atoms with Gasteiger partial charge in [0, 0.05) is 29.1 Å². The Morgan fingerprint density at radius 3 is 2.65 bits per heavy atom. The van der Waals surface area contributed by atoms with E-state index < -0.39 is 0 Å². The summed E-state index contributed by atoms with van der Waals surface area (Å²) in [6, 6.07) is 19.9. The lowest BCUT2D eigenvalue weighted by Crippen LogP contribution is -2.12. The summed E-state index contributed by atoms with van der Waals surface area (Å²) in [5, 5.41) is 13.9. The number of thiazole rings is 1. The van der Waals surface area contributed by atoms with E-state index in [4.69, 9.17) is 0 Å². The number of anilines is 1. The van der Waals surface area contributed by atoms with Crippen LogP contribution in [0.5, 0.6) is 0 Å². The second-order valence-electron chi connectivity index (χ2n) is 7.08. The Labute approximate surface area is 189 Å². The molecule has 4 aromatic rings. The van der Waals surface area contributed by atoms with E-state index in [2.05, 4.69) is 27.4 Å². The quantitative estimate of drug-likeness (QED) is 0.371. The number of carbonyl (C=O) groups is 1. The Morgan fingerprint density at radius 1 is 1.13 bits per heavy atom. The highest BCUT2D eigenvalue weighted by Gasteiger charge is 2.11. The number of thioether (sulfide) groups is 1. The molecule has 0 bridgehead atoms. The smallest absolute Gasteiger partial charge is 0.225 e. The van der Waals surface area contributed by atoms with Gasteiger partial charge in [0.2, 0.25) is 5.91 Å². The summed E-state index contributed by atoms with van der Waals surface area (Å²) in [5.41, 5.74) is 5.14. The maximum absolute atomic E-state index is 12.3. The van der Waals surface area contributed by atoms with E-state index in [0.717, 1.165) is 37.7 Å². The fourth-order valence-corrected chi connectivity index (χ4v) is 5.21. The summed E-state index contributed by atoms with van der Waals surface area (Å²) in [6.07, 6.45) is 0.337. The van der Waals surface area contributed by atoms with Crippen LogP contribution in [0.1, 0.15) is 23.2 Å². The van der Waals surface area contributed by atoms with Crippen molar-refractivity contribution in [3.05, 3.63) is 71.4 Å². The number of nitrogens with one attached hydrogen (secondary N) is 1. The largest absolute Gasteiger partial charge is 0.326 e. The molecule has 0 aliphatic carbocycles. The number of hydrogen-bond donors (Lipinski definition) is 1. The molecule has 0 atom stereocenters. The summed E-state index contributed by atoms with van der Waals surface area (Å²) in [4.78, 5) is 21.5. The van der Waals surface area contributed by atoms with Crippen molar-refractivity contribution < 1.29 is 4.79 Å². The van der Waals surface area contributed by atoms with Gasteiger partial charge in [-0.05, 0) is 61.9 Å². The lowest BCUT2D eigenvalue weighted by Gasteiger charge is -2.08. The van der Waals surface area contributed by atoms with E-state index in [1.165, 1.54) is 11.8 Å². The molecule has 5 nitrogen and oxygen atoms in total. The number of hydrogen-bond acceptors (Lipinski definition) is 6. The number of rotatable bonds is 6. The van der Waals surface area contributed by atoms with E-state index in [-0.39, 0.29) is 5.91 Å². The maximum Gasteiger partial charge on any atom is 0.225 e. The molecule has 0 fully saturated rings. The second kappa shape index (κ2) is 9.29. The number of nitrogens with zero attached hydrogens (tertiary/aromatic N) is 3. The molecule has 2 aromatic heterocycles. The van der Waals surface area contributed by atoms with Gasteiger partial charge in [0.25, 0.3) is 0 Å². The van der Waals surface area contributed by atoms with E-state index in [1.54, 1.807) is 11.3 Å². The zero-order chi connectivity index (χ0) is 21.8. The Kier molecular flexibility index (Phi) is 6.31. The molecule has 2 heterocycles.